The van der Waals surface area contributed by atoms with Crippen molar-refractivity contribution in [1.29, 1.82) is 0 Å². The third-order valence-electron chi connectivity index (χ3n) is 6.87. The topological polar surface area (TPSA) is 154 Å². The Balaban J connectivity index is 1.68. The molecule has 2 aromatic carbocycles. The van der Waals surface area contributed by atoms with Gasteiger partial charge in [-0.05, 0) is 57.0 Å². The Morgan fingerprint density at radius 2 is 1.78 bits per heavy atom. The third kappa shape index (κ3) is 6.65. The van der Waals surface area contributed by atoms with E-state index in [0.717, 1.165) is 5.56 Å². The normalized spacial score (nSPS) is 15.7. The Morgan fingerprint density at radius 1 is 1.07 bits per heavy atom. The Hall–Kier alpha value is -4.87. The second-order valence-corrected chi connectivity index (χ2v) is 9.85. The van der Waals surface area contributed by atoms with Crippen LogP contribution in [0, 0.1) is 20.8 Å². The number of aliphatic carboxylic acids is 1. The smallest absolute Gasteiger partial charge is 0.323 e. The molecule has 216 valence electrons. The van der Waals surface area contributed by atoms with Crippen LogP contribution in [0.3, 0.4) is 0 Å². The van der Waals surface area contributed by atoms with Crippen LogP contribution in [-0.4, -0.2) is 70.2 Å². The lowest BCUT2D eigenvalue weighted by molar-refractivity contribution is -0.138. The fourth-order valence-corrected chi connectivity index (χ4v) is 4.89. The molecular formula is C29H33N5O7. The van der Waals surface area contributed by atoms with Gasteiger partial charge in [-0.1, -0.05) is 35.0 Å². The summed E-state index contributed by atoms with van der Waals surface area (Å²) in [5.41, 5.74) is 2.51. The summed E-state index contributed by atoms with van der Waals surface area (Å²) in [6.07, 6.45) is -1.35. The molecule has 4 rings (SSSR count). The van der Waals surface area contributed by atoms with Crippen LogP contribution in [0.5, 0.6) is 5.75 Å². The van der Waals surface area contributed by atoms with E-state index in [1.54, 1.807) is 56.3 Å². The third-order valence-corrected chi connectivity index (χ3v) is 6.87. The van der Waals surface area contributed by atoms with Crippen LogP contribution >= 0.6 is 0 Å². The van der Waals surface area contributed by atoms with Gasteiger partial charge < -0.3 is 29.9 Å². The summed E-state index contributed by atoms with van der Waals surface area (Å²) in [6.45, 7) is 5.44. The number of carbonyl (C=O) groups is 4. The Morgan fingerprint density at radius 3 is 2.39 bits per heavy atom. The summed E-state index contributed by atoms with van der Waals surface area (Å²) >= 11 is 0. The van der Waals surface area contributed by atoms with E-state index in [2.05, 4.69) is 15.8 Å². The first-order valence-electron chi connectivity index (χ1n) is 13.1. The molecule has 1 fully saturated rings. The lowest BCUT2D eigenvalue weighted by Gasteiger charge is -2.43. The second kappa shape index (κ2) is 12.5. The van der Waals surface area contributed by atoms with E-state index < -0.39 is 42.4 Å². The number of aryl methyl sites for hydroxylation is 3. The number of nitrogens with zero attached hydrogens (tertiary/aromatic N) is 3. The highest BCUT2D eigenvalue weighted by Gasteiger charge is 2.42. The van der Waals surface area contributed by atoms with Crippen molar-refractivity contribution in [2.45, 2.75) is 45.8 Å². The molecule has 2 unspecified atom stereocenters. The predicted octanol–water partition coefficient (Wildman–Crippen LogP) is 3.65. The number of hydrogen-bond acceptors (Lipinski definition) is 7. The van der Waals surface area contributed by atoms with E-state index in [0.29, 0.717) is 29.1 Å². The van der Waals surface area contributed by atoms with Gasteiger partial charge in [-0.3, -0.25) is 19.3 Å². The summed E-state index contributed by atoms with van der Waals surface area (Å²) in [4.78, 5) is 55.6. The SMILES string of the molecule is COc1ccc(NC(=O)N2CCCN(C(=O)c3c(C)noc3C)C2C(=O)NC(CC(=O)O)c2cccc(C)c2)cc1. The molecule has 12 heteroatoms. The van der Waals surface area contributed by atoms with Crippen LogP contribution in [-0.2, 0) is 9.59 Å². The minimum Gasteiger partial charge on any atom is -0.497 e. The maximum Gasteiger partial charge on any atom is 0.323 e. The van der Waals surface area contributed by atoms with Crippen molar-refractivity contribution in [1.82, 2.24) is 20.3 Å². The van der Waals surface area contributed by atoms with Crippen molar-refractivity contribution in [3.63, 3.8) is 0 Å². The first-order valence-corrected chi connectivity index (χ1v) is 13.1. The number of carboxylic acids is 1. The molecule has 2 atom stereocenters. The molecule has 0 aliphatic carbocycles. The first kappa shape index (κ1) is 29.1. The highest BCUT2D eigenvalue weighted by Crippen LogP contribution is 2.25. The minimum atomic E-state index is -1.37. The maximum atomic E-state index is 14.0. The lowest BCUT2D eigenvalue weighted by Crippen LogP contribution is -2.64. The highest BCUT2D eigenvalue weighted by atomic mass is 16.5. The van der Waals surface area contributed by atoms with Gasteiger partial charge in [-0.15, -0.1) is 0 Å². The van der Waals surface area contributed by atoms with Crippen molar-refractivity contribution in [3.8, 4) is 5.75 Å². The average Bonchev–Trinajstić information content (AvgIpc) is 3.29. The number of hydrogen-bond donors (Lipinski definition) is 3. The number of anilines is 1. The van der Waals surface area contributed by atoms with Gasteiger partial charge in [-0.2, -0.15) is 0 Å². The van der Waals surface area contributed by atoms with Gasteiger partial charge in [0.25, 0.3) is 11.8 Å². The maximum absolute atomic E-state index is 14.0. The summed E-state index contributed by atoms with van der Waals surface area (Å²) in [5.74, 6) is -1.43. The number of methoxy groups -OCH3 is 1. The van der Waals surface area contributed by atoms with Crippen molar-refractivity contribution in [3.05, 3.63) is 76.7 Å². The Labute approximate surface area is 237 Å². The Bertz CT molecular complexity index is 1420. The van der Waals surface area contributed by atoms with Gasteiger partial charge in [0.15, 0.2) is 6.17 Å². The van der Waals surface area contributed by atoms with Crippen LogP contribution in [0.4, 0.5) is 10.5 Å². The van der Waals surface area contributed by atoms with Crippen LogP contribution < -0.4 is 15.4 Å². The van der Waals surface area contributed by atoms with E-state index in [9.17, 15) is 24.3 Å². The quantitative estimate of drug-likeness (QED) is 0.375. The van der Waals surface area contributed by atoms with E-state index >= 15 is 0 Å². The fourth-order valence-electron chi connectivity index (χ4n) is 4.89. The van der Waals surface area contributed by atoms with Crippen molar-refractivity contribution in [2.24, 2.45) is 0 Å². The molecule has 3 aromatic rings. The lowest BCUT2D eigenvalue weighted by atomic mass is 10.0. The number of aromatic nitrogens is 1. The zero-order chi connectivity index (χ0) is 29.7. The number of benzene rings is 2. The molecule has 12 nitrogen and oxygen atoms in total. The van der Waals surface area contributed by atoms with Gasteiger partial charge in [0.1, 0.15) is 17.1 Å². The van der Waals surface area contributed by atoms with Crippen molar-refractivity contribution >= 4 is 29.5 Å². The molecule has 1 aromatic heterocycles. The molecule has 0 bridgehead atoms. The minimum absolute atomic E-state index is 0.180. The van der Waals surface area contributed by atoms with Gasteiger partial charge in [0, 0.05) is 18.8 Å². The van der Waals surface area contributed by atoms with Gasteiger partial charge in [0.2, 0.25) is 0 Å². The Kier molecular flexibility index (Phi) is 8.91. The van der Waals surface area contributed by atoms with Crippen molar-refractivity contribution in [2.75, 3.05) is 25.5 Å². The zero-order valence-corrected chi connectivity index (χ0v) is 23.3. The van der Waals surface area contributed by atoms with E-state index in [4.69, 9.17) is 9.26 Å². The van der Waals surface area contributed by atoms with Gasteiger partial charge in [-0.25, -0.2) is 4.79 Å². The molecular weight excluding hydrogens is 530 g/mol. The molecule has 1 aliphatic heterocycles. The van der Waals surface area contributed by atoms with Crippen molar-refractivity contribution < 1.29 is 33.5 Å². The number of carbonyl (C=O) groups excluding carboxylic acids is 3. The molecule has 4 amide bonds. The van der Waals surface area contributed by atoms with Gasteiger partial charge in [0.05, 0.1) is 25.3 Å². The first-order chi connectivity index (χ1) is 19.6. The molecule has 1 aliphatic rings. The van der Waals surface area contributed by atoms with Crippen LogP contribution in [0.15, 0.2) is 53.1 Å². The number of amides is 4. The summed E-state index contributed by atoms with van der Waals surface area (Å²) in [5, 5.41) is 19.0. The molecule has 3 N–H and O–H groups in total. The van der Waals surface area contributed by atoms with Crippen LogP contribution in [0.1, 0.15) is 51.8 Å². The molecule has 41 heavy (non-hydrogen) atoms. The number of rotatable bonds is 8. The van der Waals surface area contributed by atoms with E-state index in [1.807, 2.05) is 13.0 Å². The largest absolute Gasteiger partial charge is 0.497 e. The van der Waals surface area contributed by atoms with Crippen LogP contribution in [0.2, 0.25) is 0 Å². The second-order valence-electron chi connectivity index (χ2n) is 9.85. The number of ether oxygens (including phenoxy) is 1. The molecule has 0 radical (unpaired) electrons. The van der Waals surface area contributed by atoms with E-state index in [1.165, 1.54) is 16.9 Å². The average molecular weight is 564 g/mol. The summed E-state index contributed by atoms with van der Waals surface area (Å²) < 4.78 is 10.4. The molecule has 1 saturated heterocycles. The number of nitrogens with one attached hydrogen (secondary N) is 2. The summed E-state index contributed by atoms with van der Waals surface area (Å²) in [7, 11) is 1.53. The monoisotopic (exact) mass is 563 g/mol. The van der Waals surface area contributed by atoms with E-state index in [-0.39, 0.29) is 24.4 Å². The number of carboxylic acid groups (broad SMARTS) is 1. The number of urea groups is 1. The highest BCUT2D eigenvalue weighted by molar-refractivity contribution is 6.01. The molecule has 2 heterocycles. The van der Waals surface area contributed by atoms with Crippen LogP contribution in [0.25, 0.3) is 0 Å². The standard InChI is InChI=1S/C29H33N5O7/c1-17-7-5-8-20(15-17)23(16-24(35)36)31-26(37)27-33(28(38)25-18(2)32-41-19(25)3)13-6-14-34(27)29(39)30-21-9-11-22(40-4)12-10-21/h5,7-12,15,23,27H,6,13-14,16H2,1-4H3,(H,30,39)(H,31,37)(H,35,36). The summed E-state index contributed by atoms with van der Waals surface area (Å²) in [6, 6.07) is 12.3. The fraction of sp³-hybridized carbons (Fsp3) is 0.345. The molecule has 0 spiro atoms. The zero-order valence-electron chi connectivity index (χ0n) is 23.3. The van der Waals surface area contributed by atoms with Gasteiger partial charge >= 0.3 is 12.0 Å². The predicted molar refractivity (Wildman–Crippen MR) is 148 cm³/mol. The molecule has 0 saturated carbocycles.